The molecule has 4 aromatic rings. The highest BCUT2D eigenvalue weighted by Gasteiger charge is 2.36. The predicted molar refractivity (Wildman–Crippen MR) is 128 cm³/mol. The average molecular weight is 474 g/mol. The molecule has 8 nitrogen and oxygen atoms in total. The van der Waals surface area contributed by atoms with Crippen molar-refractivity contribution in [3.05, 3.63) is 84.3 Å². The zero-order valence-electron chi connectivity index (χ0n) is 17.9. The maximum Gasteiger partial charge on any atom is 0.265 e. The van der Waals surface area contributed by atoms with Crippen LogP contribution in [0.1, 0.15) is 15.9 Å². The Kier molecular flexibility index (Phi) is 4.50. The van der Waals surface area contributed by atoms with Crippen molar-refractivity contribution in [1.82, 2.24) is 0 Å². The van der Waals surface area contributed by atoms with E-state index < -0.39 is 15.9 Å². The van der Waals surface area contributed by atoms with Gasteiger partial charge < -0.3 is 14.6 Å². The smallest absolute Gasteiger partial charge is 0.265 e. The first-order chi connectivity index (χ1) is 16.4. The number of hydrogen-bond donors (Lipinski definition) is 1. The predicted octanol–water partition coefficient (Wildman–Crippen LogP) is 3.78. The highest BCUT2D eigenvalue weighted by atomic mass is 32.2. The van der Waals surface area contributed by atoms with Crippen molar-refractivity contribution in [3.63, 3.8) is 0 Å². The number of nitrogens with zero attached hydrogens (tertiary/aromatic N) is 2. The Morgan fingerprint density at radius 2 is 1.82 bits per heavy atom. The minimum Gasteiger partial charge on any atom is -0.472 e. The number of amides is 2. The molecule has 0 saturated carbocycles. The quantitative estimate of drug-likeness (QED) is 0.486. The normalized spacial score (nSPS) is 15.5. The number of hydrogen-bond acceptors (Lipinski definition) is 5. The van der Waals surface area contributed by atoms with Gasteiger partial charge in [0.1, 0.15) is 12.8 Å². The molecule has 6 rings (SSSR count). The first kappa shape index (κ1) is 20.5. The van der Waals surface area contributed by atoms with Crippen molar-refractivity contribution in [2.75, 3.05) is 27.6 Å². The van der Waals surface area contributed by atoms with Crippen LogP contribution in [0.4, 0.5) is 17.1 Å². The summed E-state index contributed by atoms with van der Waals surface area (Å²) in [5.74, 6) is -0.588. The Hall–Kier alpha value is -4.11. The second kappa shape index (κ2) is 7.46. The second-order valence-electron chi connectivity index (χ2n) is 8.25. The fourth-order valence-corrected chi connectivity index (χ4v) is 6.36. The van der Waals surface area contributed by atoms with Crippen LogP contribution >= 0.6 is 0 Å². The summed E-state index contributed by atoms with van der Waals surface area (Å²) in [4.78, 5) is 27.5. The van der Waals surface area contributed by atoms with Crippen LogP contribution in [-0.2, 0) is 21.2 Å². The van der Waals surface area contributed by atoms with Crippen molar-refractivity contribution in [1.29, 1.82) is 0 Å². The lowest BCUT2D eigenvalue weighted by Gasteiger charge is -2.19. The summed E-state index contributed by atoms with van der Waals surface area (Å²) in [6.45, 7) is 0.198. The van der Waals surface area contributed by atoms with E-state index in [0.29, 0.717) is 35.3 Å². The van der Waals surface area contributed by atoms with Gasteiger partial charge in [0.25, 0.3) is 15.9 Å². The van der Waals surface area contributed by atoms with Gasteiger partial charge in [-0.05, 0) is 53.8 Å². The van der Waals surface area contributed by atoms with Gasteiger partial charge in [-0.3, -0.25) is 13.9 Å². The summed E-state index contributed by atoms with van der Waals surface area (Å²) < 4.78 is 32.4. The third-order valence-corrected chi connectivity index (χ3v) is 8.04. The monoisotopic (exact) mass is 473 g/mol. The zero-order valence-corrected chi connectivity index (χ0v) is 18.7. The van der Waals surface area contributed by atoms with Gasteiger partial charge in [-0.25, -0.2) is 8.42 Å². The average Bonchev–Trinajstić information content (AvgIpc) is 3.55. The van der Waals surface area contributed by atoms with E-state index in [0.717, 1.165) is 20.9 Å². The van der Waals surface area contributed by atoms with Gasteiger partial charge in [-0.2, -0.15) is 0 Å². The Balaban J connectivity index is 1.22. The van der Waals surface area contributed by atoms with Crippen LogP contribution in [0.2, 0.25) is 0 Å². The Labute approximate surface area is 195 Å². The molecule has 0 fully saturated rings. The number of nitrogens with one attached hydrogen (secondary N) is 1. The molecule has 0 bridgehead atoms. The molecule has 3 aromatic carbocycles. The number of rotatable bonds is 4. The SMILES string of the molecule is O=C(CN1c2cccc3cccc(c23)S1(=O)=O)Nc1ccc2c(c1)CCN2C(=O)c1ccoc1. The molecule has 1 N–H and O–H groups in total. The molecular weight excluding hydrogens is 454 g/mol. The van der Waals surface area contributed by atoms with Crippen molar-refractivity contribution >= 4 is 49.7 Å². The molecule has 9 heteroatoms. The largest absolute Gasteiger partial charge is 0.472 e. The number of fused-ring (bicyclic) bond motifs is 1. The Morgan fingerprint density at radius 1 is 1.00 bits per heavy atom. The molecule has 3 heterocycles. The number of carbonyl (C=O) groups excluding carboxylic acids is 2. The fraction of sp³-hybridized carbons (Fsp3) is 0.120. The van der Waals surface area contributed by atoms with E-state index in [1.807, 2.05) is 18.2 Å². The molecule has 2 amide bonds. The molecule has 1 aromatic heterocycles. The van der Waals surface area contributed by atoms with Crippen molar-refractivity contribution in [2.45, 2.75) is 11.3 Å². The summed E-state index contributed by atoms with van der Waals surface area (Å²) in [5.41, 5.74) is 3.25. The number of carbonyl (C=O) groups is 2. The van der Waals surface area contributed by atoms with E-state index in [1.165, 1.54) is 12.5 Å². The van der Waals surface area contributed by atoms with Crippen LogP contribution in [0.25, 0.3) is 10.8 Å². The molecular formula is C25H19N3O5S. The number of furan rings is 1. The van der Waals surface area contributed by atoms with Crippen molar-refractivity contribution in [3.8, 4) is 0 Å². The molecule has 170 valence electrons. The first-order valence-electron chi connectivity index (χ1n) is 10.7. The Bertz CT molecular complexity index is 1570. The van der Waals surface area contributed by atoms with E-state index in [9.17, 15) is 18.0 Å². The summed E-state index contributed by atoms with van der Waals surface area (Å²) in [7, 11) is -3.81. The maximum atomic E-state index is 13.1. The lowest BCUT2D eigenvalue weighted by molar-refractivity contribution is -0.114. The van der Waals surface area contributed by atoms with Gasteiger partial charge in [0.15, 0.2) is 0 Å². The van der Waals surface area contributed by atoms with Gasteiger partial charge in [0.05, 0.1) is 22.4 Å². The standard InChI is InChI=1S/C25H19N3O5S/c29-23(14-28-21-5-1-3-16-4-2-6-22(24(16)21)34(28,31)32)26-19-7-8-20-17(13-19)9-11-27(20)25(30)18-10-12-33-15-18/h1-8,10,12-13,15H,9,11,14H2,(H,26,29). The van der Waals surface area contributed by atoms with Crippen molar-refractivity contribution < 1.29 is 22.4 Å². The van der Waals surface area contributed by atoms with Gasteiger partial charge in [-0.15, -0.1) is 0 Å². The minimum atomic E-state index is -3.81. The topological polar surface area (TPSA) is 99.9 Å². The van der Waals surface area contributed by atoms with Gasteiger partial charge >= 0.3 is 0 Å². The minimum absolute atomic E-state index is 0.141. The zero-order chi connectivity index (χ0) is 23.4. The van der Waals surface area contributed by atoms with Crippen LogP contribution in [0.15, 0.2) is 82.5 Å². The molecule has 0 unspecified atom stereocenters. The molecule has 0 saturated heterocycles. The van der Waals surface area contributed by atoms with Gasteiger partial charge in [0.2, 0.25) is 5.91 Å². The highest BCUT2D eigenvalue weighted by Crippen LogP contribution is 2.41. The third-order valence-electron chi connectivity index (χ3n) is 6.24. The maximum absolute atomic E-state index is 13.1. The van der Waals surface area contributed by atoms with E-state index in [-0.39, 0.29) is 17.3 Å². The molecule has 0 atom stereocenters. The summed E-state index contributed by atoms with van der Waals surface area (Å²) >= 11 is 0. The van der Waals surface area contributed by atoms with Crippen LogP contribution < -0.4 is 14.5 Å². The number of benzene rings is 3. The number of sulfonamides is 1. The van der Waals surface area contributed by atoms with Crippen LogP contribution in [-0.4, -0.2) is 33.3 Å². The second-order valence-corrected chi connectivity index (χ2v) is 10.1. The third kappa shape index (κ3) is 3.08. The summed E-state index contributed by atoms with van der Waals surface area (Å²) in [5, 5.41) is 4.25. The van der Waals surface area contributed by atoms with Crippen LogP contribution in [0.5, 0.6) is 0 Å². The molecule has 0 spiro atoms. The fourth-order valence-electron chi connectivity index (χ4n) is 4.69. The molecule has 0 radical (unpaired) electrons. The lowest BCUT2D eigenvalue weighted by atomic mass is 10.1. The Morgan fingerprint density at radius 3 is 2.62 bits per heavy atom. The molecule has 0 aliphatic carbocycles. The molecule has 34 heavy (non-hydrogen) atoms. The van der Waals surface area contributed by atoms with Crippen molar-refractivity contribution in [2.24, 2.45) is 0 Å². The van der Waals surface area contributed by atoms with E-state index in [2.05, 4.69) is 5.32 Å². The van der Waals surface area contributed by atoms with Gasteiger partial charge in [-0.1, -0.05) is 24.3 Å². The molecule has 2 aliphatic heterocycles. The van der Waals surface area contributed by atoms with Gasteiger partial charge in [0, 0.05) is 23.3 Å². The highest BCUT2D eigenvalue weighted by molar-refractivity contribution is 7.93. The van der Waals surface area contributed by atoms with Crippen LogP contribution in [0.3, 0.4) is 0 Å². The van der Waals surface area contributed by atoms with E-state index in [4.69, 9.17) is 4.42 Å². The summed E-state index contributed by atoms with van der Waals surface area (Å²) in [6, 6.07) is 17.4. The lowest BCUT2D eigenvalue weighted by Crippen LogP contribution is -2.35. The van der Waals surface area contributed by atoms with E-state index in [1.54, 1.807) is 47.4 Å². The van der Waals surface area contributed by atoms with E-state index >= 15 is 0 Å². The summed E-state index contributed by atoms with van der Waals surface area (Å²) in [6.07, 6.45) is 3.53. The number of anilines is 3. The molecule has 2 aliphatic rings. The first-order valence-corrected chi connectivity index (χ1v) is 12.2. The van der Waals surface area contributed by atoms with Crippen LogP contribution in [0, 0.1) is 0 Å².